The van der Waals surface area contributed by atoms with Crippen molar-refractivity contribution in [3.8, 4) is 5.75 Å². The zero-order valence-corrected chi connectivity index (χ0v) is 16.8. The molecule has 30 heavy (non-hydrogen) atoms. The number of amides is 2. The molecule has 3 aromatic rings. The molecule has 8 heteroatoms. The second-order valence-corrected chi connectivity index (χ2v) is 6.84. The number of carbonyl (C=O) groups excluding carboxylic acids is 2. The smallest absolute Gasteiger partial charge is 0.258 e. The monoisotopic (exact) mass is 430 g/mol. The summed E-state index contributed by atoms with van der Waals surface area (Å²) >= 11 is 5.71. The Morgan fingerprint density at radius 3 is 2.33 bits per heavy atom. The fourth-order valence-electron chi connectivity index (χ4n) is 2.78. The van der Waals surface area contributed by atoms with Crippen molar-refractivity contribution in [1.82, 2.24) is 0 Å². The molecule has 2 N–H and O–H groups in total. The summed E-state index contributed by atoms with van der Waals surface area (Å²) in [5.74, 6) is -2.23. The third kappa shape index (κ3) is 4.75. The van der Waals surface area contributed by atoms with Crippen LogP contribution in [0.4, 0.5) is 20.2 Å². The number of hydrogen-bond donors (Lipinski definition) is 2. The largest absolute Gasteiger partial charge is 0.495 e. The van der Waals surface area contributed by atoms with Gasteiger partial charge < -0.3 is 15.4 Å². The molecule has 3 aromatic carbocycles. The van der Waals surface area contributed by atoms with E-state index in [4.69, 9.17) is 16.3 Å². The van der Waals surface area contributed by atoms with E-state index in [0.717, 1.165) is 12.1 Å². The standard InChI is InChI=1S/C22H17ClF2N2O3/c1-12-3-5-14(24)10-17(12)22(29)26-15-6-8-20(30-2)19(11-15)27-21(28)16-7-4-13(23)9-18(16)25/h3-11H,1-2H3,(H,26,29)(H,27,28). The molecule has 0 unspecified atom stereocenters. The fourth-order valence-corrected chi connectivity index (χ4v) is 2.94. The van der Waals surface area contributed by atoms with Crippen LogP contribution in [0.15, 0.2) is 54.6 Å². The molecule has 0 saturated carbocycles. The maximum atomic E-state index is 14.0. The van der Waals surface area contributed by atoms with E-state index in [0.29, 0.717) is 17.0 Å². The van der Waals surface area contributed by atoms with Crippen LogP contribution in [0.3, 0.4) is 0 Å². The van der Waals surface area contributed by atoms with Crippen LogP contribution in [0.25, 0.3) is 0 Å². The molecule has 0 atom stereocenters. The van der Waals surface area contributed by atoms with Gasteiger partial charge in [-0.3, -0.25) is 9.59 Å². The van der Waals surface area contributed by atoms with Crippen molar-refractivity contribution in [3.05, 3.63) is 87.9 Å². The number of carbonyl (C=O) groups is 2. The Hall–Kier alpha value is -3.45. The molecule has 0 aliphatic heterocycles. The molecule has 0 aromatic heterocycles. The van der Waals surface area contributed by atoms with Gasteiger partial charge in [-0.05, 0) is 61.0 Å². The molecule has 0 heterocycles. The second-order valence-electron chi connectivity index (χ2n) is 6.41. The van der Waals surface area contributed by atoms with Crippen LogP contribution in [0.5, 0.6) is 5.75 Å². The zero-order valence-electron chi connectivity index (χ0n) is 16.1. The van der Waals surface area contributed by atoms with Crippen molar-refractivity contribution in [1.29, 1.82) is 0 Å². The minimum Gasteiger partial charge on any atom is -0.495 e. The van der Waals surface area contributed by atoms with E-state index in [2.05, 4.69) is 10.6 Å². The van der Waals surface area contributed by atoms with E-state index >= 15 is 0 Å². The first-order chi connectivity index (χ1) is 14.3. The molecule has 0 bridgehead atoms. The number of rotatable bonds is 5. The molecule has 5 nitrogen and oxygen atoms in total. The van der Waals surface area contributed by atoms with Crippen LogP contribution < -0.4 is 15.4 Å². The van der Waals surface area contributed by atoms with E-state index in [9.17, 15) is 18.4 Å². The Labute approximate surface area is 176 Å². The molecule has 0 fully saturated rings. The summed E-state index contributed by atoms with van der Waals surface area (Å²) in [5.41, 5.74) is 1.13. The fraction of sp³-hybridized carbons (Fsp3) is 0.0909. The average molecular weight is 431 g/mol. The van der Waals surface area contributed by atoms with Gasteiger partial charge in [0, 0.05) is 16.3 Å². The number of anilines is 2. The number of ether oxygens (including phenoxy) is 1. The van der Waals surface area contributed by atoms with Gasteiger partial charge in [0.05, 0.1) is 18.4 Å². The normalized spacial score (nSPS) is 10.4. The molecule has 0 aliphatic rings. The first kappa shape index (κ1) is 21.3. The number of halogens is 3. The summed E-state index contributed by atoms with van der Waals surface area (Å²) < 4.78 is 32.7. The summed E-state index contributed by atoms with van der Waals surface area (Å²) in [7, 11) is 1.40. The van der Waals surface area contributed by atoms with Gasteiger partial charge in [-0.1, -0.05) is 17.7 Å². The molecule has 3 rings (SSSR count). The van der Waals surface area contributed by atoms with Crippen molar-refractivity contribution in [2.75, 3.05) is 17.7 Å². The number of methoxy groups -OCH3 is 1. The molecule has 154 valence electrons. The SMILES string of the molecule is COc1ccc(NC(=O)c2cc(F)ccc2C)cc1NC(=O)c1ccc(Cl)cc1F. The second kappa shape index (κ2) is 8.92. The van der Waals surface area contributed by atoms with Crippen LogP contribution in [0.1, 0.15) is 26.3 Å². The molecular weight excluding hydrogens is 414 g/mol. The van der Waals surface area contributed by atoms with Gasteiger partial charge in [-0.25, -0.2) is 8.78 Å². The molecule has 0 spiro atoms. The highest BCUT2D eigenvalue weighted by molar-refractivity contribution is 6.30. The number of benzene rings is 3. The van der Waals surface area contributed by atoms with Crippen molar-refractivity contribution in [2.45, 2.75) is 6.92 Å². The summed E-state index contributed by atoms with van der Waals surface area (Å²) in [5, 5.41) is 5.37. The van der Waals surface area contributed by atoms with Crippen molar-refractivity contribution < 1.29 is 23.1 Å². The Morgan fingerprint density at radius 1 is 0.900 bits per heavy atom. The van der Waals surface area contributed by atoms with Crippen LogP contribution in [0.2, 0.25) is 5.02 Å². The molecule has 0 saturated heterocycles. The van der Waals surface area contributed by atoms with Gasteiger partial charge in [-0.2, -0.15) is 0 Å². The lowest BCUT2D eigenvalue weighted by Crippen LogP contribution is -2.16. The van der Waals surface area contributed by atoms with Gasteiger partial charge in [0.2, 0.25) is 0 Å². The lowest BCUT2D eigenvalue weighted by atomic mass is 10.1. The third-order valence-electron chi connectivity index (χ3n) is 4.33. The predicted octanol–water partition coefficient (Wildman–Crippen LogP) is 5.44. The highest BCUT2D eigenvalue weighted by atomic mass is 35.5. The van der Waals surface area contributed by atoms with E-state index < -0.39 is 23.4 Å². The van der Waals surface area contributed by atoms with Crippen LogP contribution in [-0.2, 0) is 0 Å². The van der Waals surface area contributed by atoms with Crippen molar-refractivity contribution in [3.63, 3.8) is 0 Å². The van der Waals surface area contributed by atoms with Gasteiger partial charge in [0.25, 0.3) is 11.8 Å². The summed E-state index contributed by atoms with van der Waals surface area (Å²) in [6.45, 7) is 1.69. The average Bonchev–Trinajstić information content (AvgIpc) is 2.70. The van der Waals surface area contributed by atoms with Gasteiger partial charge in [0.1, 0.15) is 17.4 Å². The zero-order chi connectivity index (χ0) is 21.8. The minimum atomic E-state index is -0.773. The Morgan fingerprint density at radius 2 is 1.63 bits per heavy atom. The highest BCUT2D eigenvalue weighted by Crippen LogP contribution is 2.29. The van der Waals surface area contributed by atoms with Gasteiger partial charge in [-0.15, -0.1) is 0 Å². The topological polar surface area (TPSA) is 67.4 Å². The molecule has 2 amide bonds. The van der Waals surface area contributed by atoms with E-state index in [1.807, 2.05) is 0 Å². The number of hydrogen-bond acceptors (Lipinski definition) is 3. The molecular formula is C22H17ClF2N2O3. The van der Waals surface area contributed by atoms with Crippen LogP contribution in [-0.4, -0.2) is 18.9 Å². The maximum Gasteiger partial charge on any atom is 0.258 e. The summed E-state index contributed by atoms with van der Waals surface area (Å²) in [6.07, 6.45) is 0. The summed E-state index contributed by atoms with van der Waals surface area (Å²) in [4.78, 5) is 25.0. The Bertz CT molecular complexity index is 1140. The predicted molar refractivity (Wildman–Crippen MR) is 111 cm³/mol. The van der Waals surface area contributed by atoms with Crippen LogP contribution >= 0.6 is 11.6 Å². The van der Waals surface area contributed by atoms with E-state index in [1.165, 1.54) is 43.5 Å². The number of aryl methyl sites for hydroxylation is 1. The van der Waals surface area contributed by atoms with Gasteiger partial charge in [0.15, 0.2) is 0 Å². The first-order valence-corrected chi connectivity index (χ1v) is 9.18. The lowest BCUT2D eigenvalue weighted by Gasteiger charge is -2.14. The molecule has 0 radical (unpaired) electrons. The van der Waals surface area contributed by atoms with Crippen molar-refractivity contribution >= 4 is 34.8 Å². The van der Waals surface area contributed by atoms with E-state index in [1.54, 1.807) is 13.0 Å². The van der Waals surface area contributed by atoms with Gasteiger partial charge >= 0.3 is 0 Å². The lowest BCUT2D eigenvalue weighted by molar-refractivity contribution is 0.101. The van der Waals surface area contributed by atoms with E-state index in [-0.39, 0.29) is 21.8 Å². The quantitative estimate of drug-likeness (QED) is 0.566. The third-order valence-corrected chi connectivity index (χ3v) is 4.56. The Kier molecular flexibility index (Phi) is 6.32. The summed E-state index contributed by atoms with van der Waals surface area (Å²) in [6, 6.07) is 12.1. The maximum absolute atomic E-state index is 14.0. The highest BCUT2D eigenvalue weighted by Gasteiger charge is 2.16. The number of nitrogens with one attached hydrogen (secondary N) is 2. The van der Waals surface area contributed by atoms with Crippen LogP contribution in [0, 0.1) is 18.6 Å². The Balaban J connectivity index is 1.85. The van der Waals surface area contributed by atoms with Crippen molar-refractivity contribution in [2.24, 2.45) is 0 Å². The molecule has 0 aliphatic carbocycles. The minimum absolute atomic E-state index is 0.166. The first-order valence-electron chi connectivity index (χ1n) is 8.80.